The summed E-state index contributed by atoms with van der Waals surface area (Å²) in [6.07, 6.45) is 1.21. The minimum atomic E-state index is -0.617. The molecule has 0 aliphatic rings. The Morgan fingerprint density at radius 2 is 2.00 bits per heavy atom. The Morgan fingerprint density at radius 3 is 2.67 bits per heavy atom. The first-order valence-electron chi connectivity index (χ1n) is 4.94. The van der Waals surface area contributed by atoms with Crippen molar-refractivity contribution in [1.82, 2.24) is 4.98 Å². The molecule has 1 amide bonds. The zero-order valence-electron chi connectivity index (χ0n) is 8.95. The first kappa shape index (κ1) is 12.8. The molecule has 0 saturated heterocycles. The highest BCUT2D eigenvalue weighted by molar-refractivity contribution is 6.36. The Balaban J connectivity index is 2.21. The largest absolute Gasteiger partial charge is 0.321 e. The molecular weight excluding hydrogens is 278 g/mol. The van der Waals surface area contributed by atoms with E-state index in [1.807, 2.05) is 0 Å². The molecule has 1 heterocycles. The Bertz CT molecular complexity index is 587. The maximum atomic E-state index is 12.6. The Kier molecular flexibility index (Phi) is 3.79. The van der Waals surface area contributed by atoms with Crippen LogP contribution < -0.4 is 5.32 Å². The van der Waals surface area contributed by atoms with Crippen LogP contribution in [0.15, 0.2) is 36.5 Å². The van der Waals surface area contributed by atoms with Gasteiger partial charge in [0.15, 0.2) is 0 Å². The summed E-state index contributed by atoms with van der Waals surface area (Å²) in [6, 6.07) is 7.12. The SMILES string of the molecule is O=C(Nc1ccc(F)nc1)c1cc(Cl)ccc1Cl. The smallest absolute Gasteiger partial charge is 0.257 e. The van der Waals surface area contributed by atoms with Crippen LogP contribution in [0.25, 0.3) is 0 Å². The molecule has 3 nitrogen and oxygen atoms in total. The molecule has 1 aromatic heterocycles. The van der Waals surface area contributed by atoms with E-state index in [9.17, 15) is 9.18 Å². The van der Waals surface area contributed by atoms with Gasteiger partial charge in [0.1, 0.15) is 0 Å². The molecule has 1 aromatic carbocycles. The standard InChI is InChI=1S/C12H7Cl2FN2O/c13-7-1-3-10(14)9(5-7)12(18)17-8-2-4-11(15)16-6-8/h1-6H,(H,17,18). The Labute approximate surface area is 113 Å². The van der Waals surface area contributed by atoms with Crippen molar-refractivity contribution in [3.05, 3.63) is 58.1 Å². The van der Waals surface area contributed by atoms with Gasteiger partial charge in [-0.1, -0.05) is 23.2 Å². The fraction of sp³-hybridized carbons (Fsp3) is 0. The summed E-state index contributed by atoms with van der Waals surface area (Å²) in [6.45, 7) is 0. The number of pyridine rings is 1. The van der Waals surface area contributed by atoms with Crippen LogP contribution in [0, 0.1) is 5.95 Å². The van der Waals surface area contributed by atoms with Gasteiger partial charge in [0, 0.05) is 5.02 Å². The van der Waals surface area contributed by atoms with Crippen molar-refractivity contribution < 1.29 is 9.18 Å². The number of aromatic nitrogens is 1. The van der Waals surface area contributed by atoms with E-state index in [2.05, 4.69) is 10.3 Å². The van der Waals surface area contributed by atoms with Crippen molar-refractivity contribution in [3.8, 4) is 0 Å². The van der Waals surface area contributed by atoms with Crippen molar-refractivity contribution in [3.63, 3.8) is 0 Å². The van der Waals surface area contributed by atoms with Crippen molar-refractivity contribution in [2.24, 2.45) is 0 Å². The van der Waals surface area contributed by atoms with Gasteiger partial charge >= 0.3 is 0 Å². The van der Waals surface area contributed by atoms with Crippen molar-refractivity contribution >= 4 is 34.8 Å². The number of nitrogens with one attached hydrogen (secondary N) is 1. The van der Waals surface area contributed by atoms with Crippen LogP contribution in [0.2, 0.25) is 10.0 Å². The fourth-order valence-corrected chi connectivity index (χ4v) is 1.70. The lowest BCUT2D eigenvalue weighted by Gasteiger charge is -2.06. The zero-order valence-corrected chi connectivity index (χ0v) is 10.5. The molecule has 2 rings (SSSR count). The van der Waals surface area contributed by atoms with Crippen LogP contribution in [-0.2, 0) is 0 Å². The number of hydrogen-bond acceptors (Lipinski definition) is 2. The lowest BCUT2D eigenvalue weighted by molar-refractivity contribution is 0.102. The second-order valence-electron chi connectivity index (χ2n) is 3.45. The molecule has 0 unspecified atom stereocenters. The number of rotatable bonds is 2. The molecule has 0 aliphatic carbocycles. The molecule has 0 atom stereocenters. The number of carbonyl (C=O) groups excluding carboxylic acids is 1. The number of anilines is 1. The first-order valence-corrected chi connectivity index (χ1v) is 5.70. The van der Waals surface area contributed by atoms with E-state index < -0.39 is 11.9 Å². The summed E-state index contributed by atoms with van der Waals surface area (Å²) in [5.41, 5.74) is 0.617. The molecule has 18 heavy (non-hydrogen) atoms. The molecule has 0 spiro atoms. The van der Waals surface area contributed by atoms with E-state index in [0.717, 1.165) is 6.07 Å². The van der Waals surface area contributed by atoms with Crippen molar-refractivity contribution in [1.29, 1.82) is 0 Å². The van der Waals surface area contributed by atoms with Gasteiger partial charge in [-0.25, -0.2) is 4.98 Å². The van der Waals surface area contributed by atoms with E-state index in [1.54, 1.807) is 6.07 Å². The van der Waals surface area contributed by atoms with Gasteiger partial charge in [0.2, 0.25) is 5.95 Å². The molecule has 0 aliphatic heterocycles. The maximum Gasteiger partial charge on any atom is 0.257 e. The molecule has 92 valence electrons. The summed E-state index contributed by atoms with van der Waals surface area (Å²) in [4.78, 5) is 15.3. The second-order valence-corrected chi connectivity index (χ2v) is 4.29. The Morgan fingerprint density at radius 1 is 1.22 bits per heavy atom. The third-order valence-electron chi connectivity index (χ3n) is 2.16. The molecule has 0 fully saturated rings. The lowest BCUT2D eigenvalue weighted by atomic mass is 10.2. The summed E-state index contributed by atoms with van der Waals surface area (Å²) < 4.78 is 12.6. The summed E-state index contributed by atoms with van der Waals surface area (Å²) in [5.74, 6) is -1.05. The van der Waals surface area contributed by atoms with E-state index in [0.29, 0.717) is 10.7 Å². The predicted octanol–water partition coefficient (Wildman–Crippen LogP) is 3.78. The summed E-state index contributed by atoms with van der Waals surface area (Å²) in [7, 11) is 0. The average Bonchev–Trinajstić information content (AvgIpc) is 2.35. The highest BCUT2D eigenvalue weighted by atomic mass is 35.5. The molecule has 0 radical (unpaired) electrons. The monoisotopic (exact) mass is 284 g/mol. The third-order valence-corrected chi connectivity index (χ3v) is 2.72. The summed E-state index contributed by atoms with van der Waals surface area (Å²) in [5, 5.41) is 3.23. The van der Waals surface area contributed by atoms with Gasteiger partial charge in [-0.15, -0.1) is 0 Å². The van der Waals surface area contributed by atoms with Crippen molar-refractivity contribution in [2.75, 3.05) is 5.32 Å². The van der Waals surface area contributed by atoms with Gasteiger partial charge in [-0.3, -0.25) is 4.79 Å². The molecule has 0 saturated carbocycles. The maximum absolute atomic E-state index is 12.6. The molecular formula is C12H7Cl2FN2O. The van der Waals surface area contributed by atoms with Gasteiger partial charge in [0.25, 0.3) is 5.91 Å². The van der Waals surface area contributed by atoms with Crippen molar-refractivity contribution in [2.45, 2.75) is 0 Å². The number of nitrogens with zero attached hydrogens (tertiary/aromatic N) is 1. The van der Waals surface area contributed by atoms with Crippen LogP contribution in [0.3, 0.4) is 0 Å². The zero-order chi connectivity index (χ0) is 13.1. The number of hydrogen-bond donors (Lipinski definition) is 1. The number of amides is 1. The van der Waals surface area contributed by atoms with E-state index in [4.69, 9.17) is 23.2 Å². The Hall–Kier alpha value is -1.65. The quantitative estimate of drug-likeness (QED) is 0.853. The summed E-state index contributed by atoms with van der Waals surface area (Å²) >= 11 is 11.7. The fourth-order valence-electron chi connectivity index (χ4n) is 1.32. The van der Waals surface area contributed by atoms with Crippen LogP contribution in [-0.4, -0.2) is 10.9 Å². The molecule has 0 bridgehead atoms. The van der Waals surface area contributed by atoms with E-state index in [1.165, 1.54) is 24.4 Å². The highest BCUT2D eigenvalue weighted by Crippen LogP contribution is 2.21. The number of carbonyl (C=O) groups is 1. The van der Waals surface area contributed by atoms with Crippen LogP contribution in [0.4, 0.5) is 10.1 Å². The third kappa shape index (κ3) is 2.97. The van der Waals surface area contributed by atoms with Gasteiger partial charge in [-0.2, -0.15) is 4.39 Å². The second kappa shape index (κ2) is 5.33. The van der Waals surface area contributed by atoms with Gasteiger partial charge in [-0.05, 0) is 30.3 Å². The topological polar surface area (TPSA) is 42.0 Å². The normalized spacial score (nSPS) is 10.2. The lowest BCUT2D eigenvalue weighted by Crippen LogP contribution is -2.12. The average molecular weight is 285 g/mol. The minimum Gasteiger partial charge on any atom is -0.321 e. The van der Waals surface area contributed by atoms with Crippen LogP contribution in [0.5, 0.6) is 0 Å². The van der Waals surface area contributed by atoms with Gasteiger partial charge < -0.3 is 5.32 Å². The van der Waals surface area contributed by atoms with E-state index in [-0.39, 0.29) is 10.6 Å². The van der Waals surface area contributed by atoms with Crippen LogP contribution in [0.1, 0.15) is 10.4 Å². The van der Waals surface area contributed by atoms with Crippen LogP contribution >= 0.6 is 23.2 Å². The number of benzene rings is 1. The molecule has 6 heteroatoms. The van der Waals surface area contributed by atoms with E-state index >= 15 is 0 Å². The number of halogens is 3. The highest BCUT2D eigenvalue weighted by Gasteiger charge is 2.11. The van der Waals surface area contributed by atoms with Gasteiger partial charge in [0.05, 0.1) is 22.5 Å². The predicted molar refractivity (Wildman–Crippen MR) is 68.6 cm³/mol. The molecule has 1 N–H and O–H groups in total. The molecule has 2 aromatic rings. The minimum absolute atomic E-state index is 0.244. The first-order chi connectivity index (χ1) is 8.56.